The highest BCUT2D eigenvalue weighted by Crippen LogP contribution is 2.09. The van der Waals surface area contributed by atoms with Crippen molar-refractivity contribution in [3.05, 3.63) is 18.0 Å². The third-order valence-corrected chi connectivity index (χ3v) is 2.05. The average molecular weight is 217 g/mol. The van der Waals surface area contributed by atoms with Crippen LogP contribution >= 0.6 is 0 Å². The third kappa shape index (κ3) is 3.00. The maximum Gasteiger partial charge on any atom is 0.333 e. The van der Waals surface area contributed by atoms with E-state index in [0.717, 1.165) is 18.8 Å². The summed E-state index contributed by atoms with van der Waals surface area (Å²) in [5.41, 5.74) is 0.149. The molecule has 0 fully saturated rings. The summed E-state index contributed by atoms with van der Waals surface area (Å²) < 4.78 is 24.7. The maximum absolute atomic E-state index is 12.1. The molecule has 1 N–H and O–H groups in total. The van der Waals surface area contributed by atoms with Crippen molar-refractivity contribution in [1.82, 2.24) is 15.1 Å². The SMILES string of the molecule is CCC(C)NC(=O)c1cnn(C(F)F)c1. The van der Waals surface area contributed by atoms with Gasteiger partial charge in [0.15, 0.2) is 0 Å². The van der Waals surface area contributed by atoms with Gasteiger partial charge >= 0.3 is 6.55 Å². The average Bonchev–Trinajstić information content (AvgIpc) is 2.66. The third-order valence-electron chi connectivity index (χ3n) is 2.05. The number of carbonyl (C=O) groups is 1. The Balaban J connectivity index is 2.66. The molecule has 1 aromatic heterocycles. The normalized spacial score (nSPS) is 12.9. The van der Waals surface area contributed by atoms with Gasteiger partial charge in [-0.2, -0.15) is 13.9 Å². The highest BCUT2D eigenvalue weighted by atomic mass is 19.3. The summed E-state index contributed by atoms with van der Waals surface area (Å²) >= 11 is 0. The monoisotopic (exact) mass is 217 g/mol. The van der Waals surface area contributed by atoms with Crippen LogP contribution in [0.1, 0.15) is 37.2 Å². The predicted octanol–water partition coefficient (Wildman–Crippen LogP) is 1.81. The molecule has 6 heteroatoms. The molecule has 1 rings (SSSR count). The van der Waals surface area contributed by atoms with Crippen LogP contribution in [0.15, 0.2) is 12.4 Å². The van der Waals surface area contributed by atoms with Gasteiger partial charge in [0.05, 0.1) is 11.8 Å². The number of halogens is 2. The van der Waals surface area contributed by atoms with Crippen molar-refractivity contribution in [2.45, 2.75) is 32.9 Å². The summed E-state index contributed by atoms with van der Waals surface area (Å²) in [4.78, 5) is 11.4. The fourth-order valence-corrected chi connectivity index (χ4v) is 0.971. The second-order valence-electron chi connectivity index (χ2n) is 3.27. The summed E-state index contributed by atoms with van der Waals surface area (Å²) in [7, 11) is 0. The molecule has 4 nitrogen and oxygen atoms in total. The molecule has 0 aliphatic heterocycles. The van der Waals surface area contributed by atoms with Crippen molar-refractivity contribution < 1.29 is 13.6 Å². The summed E-state index contributed by atoms with van der Waals surface area (Å²) in [5.74, 6) is -0.378. The minimum absolute atomic E-state index is 0.0207. The first-order valence-electron chi connectivity index (χ1n) is 4.67. The highest BCUT2D eigenvalue weighted by molar-refractivity contribution is 5.93. The minimum Gasteiger partial charge on any atom is -0.349 e. The zero-order chi connectivity index (χ0) is 11.4. The lowest BCUT2D eigenvalue weighted by atomic mass is 10.2. The molecule has 0 saturated carbocycles. The molecule has 0 bridgehead atoms. The molecule has 0 spiro atoms. The second kappa shape index (κ2) is 4.86. The number of aromatic nitrogens is 2. The summed E-state index contributed by atoms with van der Waals surface area (Å²) in [6.45, 7) is 1.05. The van der Waals surface area contributed by atoms with Crippen molar-refractivity contribution in [3.63, 3.8) is 0 Å². The van der Waals surface area contributed by atoms with E-state index in [1.54, 1.807) is 0 Å². The number of amides is 1. The first kappa shape index (κ1) is 11.6. The Morgan fingerprint density at radius 3 is 2.80 bits per heavy atom. The number of nitrogens with one attached hydrogen (secondary N) is 1. The predicted molar refractivity (Wildman–Crippen MR) is 50.7 cm³/mol. The molecule has 0 aliphatic rings. The number of carbonyl (C=O) groups excluding carboxylic acids is 1. The quantitative estimate of drug-likeness (QED) is 0.836. The van der Waals surface area contributed by atoms with Crippen molar-refractivity contribution in [2.24, 2.45) is 0 Å². The van der Waals surface area contributed by atoms with E-state index in [-0.39, 0.29) is 17.5 Å². The lowest BCUT2D eigenvalue weighted by Crippen LogP contribution is -2.31. The molecule has 1 unspecified atom stereocenters. The lowest BCUT2D eigenvalue weighted by Gasteiger charge is -2.09. The van der Waals surface area contributed by atoms with E-state index in [2.05, 4.69) is 10.4 Å². The Kier molecular flexibility index (Phi) is 3.76. The summed E-state index contributed by atoms with van der Waals surface area (Å²) in [6, 6.07) is 0.0207. The Morgan fingerprint density at radius 1 is 1.67 bits per heavy atom. The van der Waals surface area contributed by atoms with Gasteiger partial charge in [0.25, 0.3) is 5.91 Å². The van der Waals surface area contributed by atoms with Crippen molar-refractivity contribution >= 4 is 5.91 Å². The summed E-state index contributed by atoms with van der Waals surface area (Å²) in [6.07, 6.45) is 2.95. The van der Waals surface area contributed by atoms with Crippen molar-refractivity contribution in [1.29, 1.82) is 0 Å². The van der Waals surface area contributed by atoms with Gasteiger partial charge in [-0.3, -0.25) is 4.79 Å². The number of nitrogens with zero attached hydrogens (tertiary/aromatic N) is 2. The van der Waals surface area contributed by atoms with Gasteiger partial charge < -0.3 is 5.32 Å². The number of hydrogen-bond acceptors (Lipinski definition) is 2. The molecular weight excluding hydrogens is 204 g/mol. The molecule has 0 saturated heterocycles. The van der Waals surface area contributed by atoms with Gasteiger partial charge in [-0.15, -0.1) is 0 Å². The number of hydrogen-bond donors (Lipinski definition) is 1. The van der Waals surface area contributed by atoms with E-state index < -0.39 is 6.55 Å². The van der Waals surface area contributed by atoms with Gasteiger partial charge in [-0.05, 0) is 13.3 Å². The van der Waals surface area contributed by atoms with E-state index in [1.807, 2.05) is 13.8 Å². The van der Waals surface area contributed by atoms with Gasteiger partial charge in [-0.1, -0.05) is 6.92 Å². The van der Waals surface area contributed by atoms with Gasteiger partial charge in [0, 0.05) is 12.2 Å². The van der Waals surface area contributed by atoms with Crippen LogP contribution in [0.3, 0.4) is 0 Å². The smallest absolute Gasteiger partial charge is 0.333 e. The van der Waals surface area contributed by atoms with E-state index in [9.17, 15) is 13.6 Å². The molecule has 1 amide bonds. The van der Waals surface area contributed by atoms with Crippen LogP contribution in [0.2, 0.25) is 0 Å². The second-order valence-corrected chi connectivity index (χ2v) is 3.27. The summed E-state index contributed by atoms with van der Waals surface area (Å²) in [5, 5.41) is 6.04. The van der Waals surface area contributed by atoms with Crippen LogP contribution in [-0.4, -0.2) is 21.7 Å². The van der Waals surface area contributed by atoms with Crippen LogP contribution < -0.4 is 5.32 Å². The van der Waals surface area contributed by atoms with Crippen LogP contribution in [0.4, 0.5) is 8.78 Å². The Labute approximate surface area is 86.3 Å². The fraction of sp³-hybridized carbons (Fsp3) is 0.556. The molecule has 15 heavy (non-hydrogen) atoms. The van der Waals surface area contributed by atoms with E-state index in [4.69, 9.17) is 0 Å². The van der Waals surface area contributed by atoms with Crippen LogP contribution in [0.25, 0.3) is 0 Å². The molecular formula is C9H13F2N3O. The molecule has 1 aromatic rings. The van der Waals surface area contributed by atoms with Crippen molar-refractivity contribution in [2.75, 3.05) is 0 Å². The topological polar surface area (TPSA) is 46.9 Å². The first-order valence-corrected chi connectivity index (χ1v) is 4.67. The maximum atomic E-state index is 12.1. The van der Waals surface area contributed by atoms with Crippen LogP contribution in [0.5, 0.6) is 0 Å². The Morgan fingerprint density at radius 2 is 2.33 bits per heavy atom. The van der Waals surface area contributed by atoms with E-state index in [0.29, 0.717) is 4.68 Å². The minimum atomic E-state index is -2.71. The van der Waals surface area contributed by atoms with E-state index >= 15 is 0 Å². The number of alkyl halides is 2. The molecule has 0 aromatic carbocycles. The largest absolute Gasteiger partial charge is 0.349 e. The van der Waals surface area contributed by atoms with Gasteiger partial charge in [0.2, 0.25) is 0 Å². The van der Waals surface area contributed by atoms with Crippen molar-refractivity contribution in [3.8, 4) is 0 Å². The molecule has 0 aliphatic carbocycles. The Bertz CT molecular complexity index is 338. The standard InChI is InChI=1S/C9H13F2N3O/c1-3-6(2)13-8(15)7-4-12-14(5-7)9(10)11/h4-6,9H,3H2,1-2H3,(H,13,15). The highest BCUT2D eigenvalue weighted by Gasteiger charge is 2.13. The molecule has 0 radical (unpaired) electrons. The molecule has 84 valence electrons. The molecule has 1 atom stereocenters. The Hall–Kier alpha value is -1.46. The fourth-order valence-electron chi connectivity index (χ4n) is 0.971. The molecule has 1 heterocycles. The zero-order valence-corrected chi connectivity index (χ0v) is 8.58. The van der Waals surface area contributed by atoms with Crippen LogP contribution in [0, 0.1) is 0 Å². The van der Waals surface area contributed by atoms with Gasteiger partial charge in [0.1, 0.15) is 0 Å². The van der Waals surface area contributed by atoms with E-state index in [1.165, 1.54) is 0 Å². The number of rotatable bonds is 4. The van der Waals surface area contributed by atoms with Crippen LogP contribution in [-0.2, 0) is 0 Å². The zero-order valence-electron chi connectivity index (χ0n) is 8.58. The lowest BCUT2D eigenvalue weighted by molar-refractivity contribution is 0.0565. The first-order chi connectivity index (χ1) is 7.04. The van der Waals surface area contributed by atoms with Gasteiger partial charge in [-0.25, -0.2) is 4.68 Å².